The summed E-state index contributed by atoms with van der Waals surface area (Å²) in [6.45, 7) is 11.8. The Labute approximate surface area is 294 Å². The highest BCUT2D eigenvalue weighted by Gasteiger charge is 2.59. The van der Waals surface area contributed by atoms with Crippen LogP contribution < -0.4 is 26.2 Å². The molecular weight excluding hydrogens is 636 g/mol. The molecule has 1 saturated heterocycles. The zero-order valence-corrected chi connectivity index (χ0v) is 29.0. The Balaban J connectivity index is 0.834. The Morgan fingerprint density at radius 1 is 1.02 bits per heavy atom. The summed E-state index contributed by atoms with van der Waals surface area (Å²) in [4.78, 5) is 38.3. The molecule has 258 valence electrons. The van der Waals surface area contributed by atoms with Crippen LogP contribution in [0.2, 0.25) is 5.02 Å². The predicted octanol–water partition coefficient (Wildman–Crippen LogP) is 6.17. The molecule has 1 aliphatic heterocycles. The van der Waals surface area contributed by atoms with E-state index >= 15 is 0 Å². The number of carbonyl (C=O) groups excluding carboxylic acids is 2. The first-order chi connectivity index (χ1) is 23.8. The van der Waals surface area contributed by atoms with Crippen LogP contribution in [0.5, 0.6) is 0 Å². The van der Waals surface area contributed by atoms with Gasteiger partial charge in [-0.25, -0.2) is 4.98 Å². The van der Waals surface area contributed by atoms with E-state index in [1.54, 1.807) is 6.20 Å². The molecule has 10 nitrogen and oxygen atoms in total. The second-order valence-electron chi connectivity index (χ2n) is 14.3. The van der Waals surface area contributed by atoms with Crippen LogP contribution in [0.15, 0.2) is 67.4 Å². The van der Waals surface area contributed by atoms with Gasteiger partial charge >= 0.3 is 0 Å². The van der Waals surface area contributed by atoms with Crippen molar-refractivity contribution < 1.29 is 9.59 Å². The molecule has 0 spiro atoms. The largest absolute Gasteiger partial charge is 0.369 e. The van der Waals surface area contributed by atoms with Gasteiger partial charge in [-0.3, -0.25) is 14.5 Å². The molecule has 3 saturated carbocycles. The van der Waals surface area contributed by atoms with Gasteiger partial charge in [-0.2, -0.15) is 4.98 Å². The highest BCUT2D eigenvalue weighted by molar-refractivity contribution is 6.32. The van der Waals surface area contributed by atoms with E-state index in [1.165, 1.54) is 31.0 Å². The molecule has 7 rings (SSSR count). The third-order valence-electron chi connectivity index (χ3n) is 11.3. The minimum absolute atomic E-state index is 0.250. The molecule has 1 aromatic heterocycles. The third kappa shape index (κ3) is 7.70. The van der Waals surface area contributed by atoms with E-state index in [9.17, 15) is 9.59 Å². The third-order valence-corrected chi connectivity index (χ3v) is 11.6. The number of amides is 2. The molecule has 0 radical (unpaired) electrons. The maximum atomic E-state index is 12.8. The highest BCUT2D eigenvalue weighted by Crippen LogP contribution is 2.66. The van der Waals surface area contributed by atoms with Crippen molar-refractivity contribution in [2.45, 2.75) is 39.2 Å². The molecule has 3 aromatic rings. The summed E-state index contributed by atoms with van der Waals surface area (Å²) in [7, 11) is 0. The van der Waals surface area contributed by atoms with Crippen molar-refractivity contribution in [1.82, 2.24) is 20.2 Å². The summed E-state index contributed by atoms with van der Waals surface area (Å²) >= 11 is 6.39. The zero-order valence-electron chi connectivity index (χ0n) is 28.2. The standard InChI is InChI=1S/C38H47ClN8O2/c1-3-34(48)43-29-6-4-5-25(18-29)22-41-37-33(39)23-42-38(45-37)44-28-7-9-30(10-8-28)47-15-13-46(14-16-47)12-11-40-35(49)21-31-24(2)17-26-19-27-20-32(31)36(26)27/h3-10,18,23-24,26-27,31-32,36H,1,11-17,19-22H2,2H3,(H,40,49)(H,43,48)(H2,41,42,44,45)/t24-,26-,27?,31?,32-,36?/m1/s1. The average molecular weight is 683 g/mol. The molecule has 0 bridgehead atoms. The summed E-state index contributed by atoms with van der Waals surface area (Å²) in [5.41, 5.74) is 3.70. The van der Waals surface area contributed by atoms with Gasteiger partial charge in [0.05, 0.1) is 6.20 Å². The molecule has 4 N–H and O–H groups in total. The first-order valence-corrected chi connectivity index (χ1v) is 18.1. The Bertz CT molecular complexity index is 1660. The minimum atomic E-state index is -0.260. The Kier molecular flexibility index (Phi) is 10.0. The zero-order chi connectivity index (χ0) is 33.9. The number of anilines is 5. The van der Waals surface area contributed by atoms with E-state index in [0.29, 0.717) is 40.9 Å². The summed E-state index contributed by atoms with van der Waals surface area (Å²) < 4.78 is 0. The number of hydrogen-bond donors (Lipinski definition) is 4. The smallest absolute Gasteiger partial charge is 0.247 e. The molecule has 6 atom stereocenters. The van der Waals surface area contributed by atoms with Crippen LogP contribution in [0.4, 0.5) is 28.8 Å². The molecule has 2 amide bonds. The summed E-state index contributed by atoms with van der Waals surface area (Å²) in [5, 5.41) is 13.0. The van der Waals surface area contributed by atoms with Gasteiger partial charge in [0.25, 0.3) is 0 Å². The van der Waals surface area contributed by atoms with Gasteiger partial charge < -0.3 is 26.2 Å². The summed E-state index contributed by atoms with van der Waals surface area (Å²) in [6, 6.07) is 15.8. The van der Waals surface area contributed by atoms with Gasteiger partial charge in [0, 0.05) is 69.3 Å². The van der Waals surface area contributed by atoms with Gasteiger partial charge in [0.1, 0.15) is 5.02 Å². The first kappa shape index (κ1) is 33.4. The van der Waals surface area contributed by atoms with Crippen molar-refractivity contribution in [3.05, 3.63) is 78.0 Å². The lowest BCUT2D eigenvalue weighted by atomic mass is 9.39. The number of piperazine rings is 1. The van der Waals surface area contributed by atoms with E-state index in [-0.39, 0.29) is 11.8 Å². The number of halogens is 1. The monoisotopic (exact) mass is 682 g/mol. The molecule has 3 aliphatic carbocycles. The summed E-state index contributed by atoms with van der Waals surface area (Å²) in [6.07, 6.45) is 7.70. The second kappa shape index (κ2) is 14.8. The molecule has 4 aliphatic rings. The lowest BCUT2D eigenvalue weighted by molar-refractivity contribution is -0.170. The number of aromatic nitrogens is 2. The van der Waals surface area contributed by atoms with Crippen molar-refractivity contribution >= 4 is 52.2 Å². The fourth-order valence-electron chi connectivity index (χ4n) is 8.74. The highest BCUT2D eigenvalue weighted by atomic mass is 35.5. The van der Waals surface area contributed by atoms with Gasteiger partial charge in [-0.15, -0.1) is 0 Å². The maximum Gasteiger partial charge on any atom is 0.247 e. The van der Waals surface area contributed by atoms with Crippen LogP contribution in [0.1, 0.15) is 38.2 Å². The van der Waals surface area contributed by atoms with E-state index < -0.39 is 0 Å². The quantitative estimate of drug-likeness (QED) is 0.159. The average Bonchev–Trinajstić information content (AvgIpc) is 3.09. The van der Waals surface area contributed by atoms with Crippen molar-refractivity contribution in [3.63, 3.8) is 0 Å². The van der Waals surface area contributed by atoms with Crippen molar-refractivity contribution in [3.8, 4) is 0 Å². The molecule has 4 fully saturated rings. The van der Waals surface area contributed by atoms with Crippen molar-refractivity contribution in [2.24, 2.45) is 35.5 Å². The van der Waals surface area contributed by atoms with Crippen LogP contribution in [-0.4, -0.2) is 66.0 Å². The SMILES string of the molecule is C=CC(=O)Nc1cccc(CNc2nc(Nc3ccc(N4CCN(CCNC(=O)CC5[C@H]6CC7C[C@@H](C[C@H]5C)C76)CC4)cc3)ncc2Cl)c1. The number of carbonyl (C=O) groups is 2. The van der Waals surface area contributed by atoms with Gasteiger partial charge in [0.2, 0.25) is 17.8 Å². The maximum absolute atomic E-state index is 12.8. The van der Waals surface area contributed by atoms with E-state index in [2.05, 4.69) is 66.7 Å². The van der Waals surface area contributed by atoms with Gasteiger partial charge in [0.15, 0.2) is 5.82 Å². The molecule has 2 aromatic carbocycles. The lowest BCUT2D eigenvalue weighted by Gasteiger charge is -2.65. The molecule has 11 heteroatoms. The first-order valence-electron chi connectivity index (χ1n) is 17.7. The van der Waals surface area contributed by atoms with E-state index in [4.69, 9.17) is 11.6 Å². The normalized spacial score (nSPS) is 25.6. The molecule has 2 heterocycles. The van der Waals surface area contributed by atoms with Crippen LogP contribution in [0, 0.1) is 35.5 Å². The Morgan fingerprint density at radius 2 is 1.82 bits per heavy atom. The van der Waals surface area contributed by atoms with Crippen LogP contribution in [-0.2, 0) is 16.1 Å². The van der Waals surface area contributed by atoms with Gasteiger partial charge in [-0.1, -0.05) is 37.2 Å². The number of hydrogen-bond acceptors (Lipinski definition) is 8. The van der Waals surface area contributed by atoms with E-state index in [0.717, 1.165) is 80.6 Å². The Hall–Kier alpha value is -4.15. The molecule has 49 heavy (non-hydrogen) atoms. The fourth-order valence-corrected chi connectivity index (χ4v) is 8.90. The van der Waals surface area contributed by atoms with Crippen LogP contribution in [0.3, 0.4) is 0 Å². The van der Waals surface area contributed by atoms with Gasteiger partial charge in [-0.05, 0) is 103 Å². The Morgan fingerprint density at radius 3 is 2.59 bits per heavy atom. The number of rotatable bonds is 13. The fraction of sp³-hybridized carbons (Fsp3) is 0.474. The van der Waals surface area contributed by atoms with Crippen LogP contribution in [0.25, 0.3) is 0 Å². The number of nitrogens with zero attached hydrogens (tertiary/aromatic N) is 4. The predicted molar refractivity (Wildman–Crippen MR) is 196 cm³/mol. The van der Waals surface area contributed by atoms with E-state index in [1.807, 2.05) is 36.4 Å². The number of nitrogens with one attached hydrogen (secondary N) is 4. The lowest BCUT2D eigenvalue weighted by Crippen LogP contribution is -2.59. The van der Waals surface area contributed by atoms with Crippen molar-refractivity contribution in [1.29, 1.82) is 0 Å². The molecule has 3 unspecified atom stereocenters. The summed E-state index contributed by atoms with van der Waals surface area (Å²) in [5.74, 6) is 5.95. The second-order valence-corrected chi connectivity index (χ2v) is 14.7. The van der Waals surface area contributed by atoms with Crippen molar-refractivity contribution in [2.75, 3.05) is 60.1 Å². The minimum Gasteiger partial charge on any atom is -0.369 e. The van der Waals surface area contributed by atoms with Crippen LogP contribution >= 0.6 is 11.6 Å². The molecular formula is C38H47ClN8O2. The topological polar surface area (TPSA) is 115 Å². The number of benzene rings is 2.